The largest absolute Gasteiger partial charge is 0.507 e. The third kappa shape index (κ3) is 1.68. The fourth-order valence-corrected chi connectivity index (χ4v) is 2.59. The molecule has 1 N–H and O–H groups in total. The average Bonchev–Trinajstić information content (AvgIpc) is 2.71. The van der Waals surface area contributed by atoms with Crippen LogP contribution in [0.5, 0.6) is 0 Å². The molecule has 2 nitrogen and oxygen atoms in total. The number of allylic oxidation sites excluding steroid dienone is 1. The van der Waals surface area contributed by atoms with E-state index in [0.29, 0.717) is 16.7 Å². The van der Waals surface area contributed by atoms with E-state index in [1.807, 2.05) is 43.3 Å². The van der Waals surface area contributed by atoms with Gasteiger partial charge in [0.1, 0.15) is 5.76 Å². The number of ketones is 1. The van der Waals surface area contributed by atoms with Gasteiger partial charge in [-0.2, -0.15) is 0 Å². The van der Waals surface area contributed by atoms with E-state index >= 15 is 0 Å². The Morgan fingerprint density at radius 3 is 2.11 bits per heavy atom. The summed E-state index contributed by atoms with van der Waals surface area (Å²) in [6.45, 7) is 2.04. The predicted octanol–water partition coefficient (Wildman–Crippen LogP) is 3.87. The number of hydrogen-bond donors (Lipinski definition) is 1. The van der Waals surface area contributed by atoms with E-state index in [1.54, 1.807) is 12.1 Å². The zero-order chi connectivity index (χ0) is 13.4. The molecule has 2 aromatic rings. The summed E-state index contributed by atoms with van der Waals surface area (Å²) in [5.74, 6) is 0.00972. The van der Waals surface area contributed by atoms with Crippen molar-refractivity contribution in [3.8, 4) is 0 Å². The van der Waals surface area contributed by atoms with Gasteiger partial charge in [-0.25, -0.2) is 0 Å². The van der Waals surface area contributed by atoms with Gasteiger partial charge in [0.2, 0.25) is 0 Å². The summed E-state index contributed by atoms with van der Waals surface area (Å²) in [5, 5.41) is 10.3. The molecule has 0 atom stereocenters. The predicted molar refractivity (Wildman–Crippen MR) is 76.0 cm³/mol. The van der Waals surface area contributed by atoms with Gasteiger partial charge in [-0.15, -0.1) is 0 Å². The zero-order valence-electron chi connectivity index (χ0n) is 10.7. The molecule has 1 aliphatic carbocycles. The first-order chi connectivity index (χ1) is 9.24. The molecule has 0 aromatic heterocycles. The molecule has 19 heavy (non-hydrogen) atoms. The van der Waals surface area contributed by atoms with Crippen LogP contribution < -0.4 is 0 Å². The number of fused-ring (bicyclic) bond motifs is 1. The lowest BCUT2D eigenvalue weighted by molar-refractivity contribution is 0.105. The Morgan fingerprint density at radius 1 is 0.895 bits per heavy atom. The summed E-state index contributed by atoms with van der Waals surface area (Å²) in [5.41, 5.74) is 3.56. The SMILES string of the molecule is CCc1ccccc1C1=C(O)c2ccccc2C1=O. The lowest BCUT2D eigenvalue weighted by Gasteiger charge is -2.08. The number of aryl methyl sites for hydroxylation is 1. The quantitative estimate of drug-likeness (QED) is 0.878. The highest BCUT2D eigenvalue weighted by molar-refractivity contribution is 6.39. The van der Waals surface area contributed by atoms with E-state index in [9.17, 15) is 9.90 Å². The van der Waals surface area contributed by atoms with Crippen molar-refractivity contribution in [3.05, 3.63) is 70.8 Å². The summed E-state index contributed by atoms with van der Waals surface area (Å²) in [7, 11) is 0. The molecule has 0 aliphatic heterocycles. The molecule has 2 aromatic carbocycles. The van der Waals surface area contributed by atoms with E-state index in [2.05, 4.69) is 0 Å². The van der Waals surface area contributed by atoms with Crippen molar-refractivity contribution in [1.82, 2.24) is 0 Å². The fraction of sp³-hybridized carbons (Fsp3) is 0.118. The second-order valence-electron chi connectivity index (χ2n) is 4.61. The molecule has 0 bridgehead atoms. The Kier molecular flexibility index (Phi) is 2.71. The van der Waals surface area contributed by atoms with E-state index in [-0.39, 0.29) is 11.5 Å². The molecular formula is C17H14O2. The van der Waals surface area contributed by atoms with Crippen LogP contribution in [0.2, 0.25) is 0 Å². The topological polar surface area (TPSA) is 37.3 Å². The van der Waals surface area contributed by atoms with Gasteiger partial charge in [0, 0.05) is 11.1 Å². The number of hydrogen-bond acceptors (Lipinski definition) is 2. The average molecular weight is 250 g/mol. The minimum atomic E-state index is -0.0889. The highest BCUT2D eigenvalue weighted by atomic mass is 16.3. The molecular weight excluding hydrogens is 236 g/mol. The first-order valence-electron chi connectivity index (χ1n) is 6.39. The number of Topliss-reactive ketones (excluding diaryl/α,β-unsaturated/α-hetero) is 1. The number of benzene rings is 2. The third-order valence-electron chi connectivity index (χ3n) is 3.56. The van der Waals surface area contributed by atoms with Crippen molar-refractivity contribution in [2.45, 2.75) is 13.3 Å². The van der Waals surface area contributed by atoms with E-state index in [0.717, 1.165) is 17.5 Å². The van der Waals surface area contributed by atoms with Gasteiger partial charge in [0.15, 0.2) is 5.78 Å². The van der Waals surface area contributed by atoms with E-state index in [1.165, 1.54) is 0 Å². The first-order valence-corrected chi connectivity index (χ1v) is 6.39. The fourth-order valence-electron chi connectivity index (χ4n) is 2.59. The van der Waals surface area contributed by atoms with Gasteiger partial charge >= 0.3 is 0 Å². The van der Waals surface area contributed by atoms with Crippen LogP contribution in [0.4, 0.5) is 0 Å². The molecule has 94 valence electrons. The van der Waals surface area contributed by atoms with Crippen molar-refractivity contribution < 1.29 is 9.90 Å². The molecule has 0 amide bonds. The second kappa shape index (κ2) is 4.39. The zero-order valence-corrected chi connectivity index (χ0v) is 10.7. The molecule has 0 fully saturated rings. The Bertz CT molecular complexity index is 696. The highest BCUT2D eigenvalue weighted by Gasteiger charge is 2.30. The molecule has 3 rings (SSSR count). The highest BCUT2D eigenvalue weighted by Crippen LogP contribution is 2.37. The first kappa shape index (κ1) is 11.7. The Morgan fingerprint density at radius 2 is 1.47 bits per heavy atom. The number of rotatable bonds is 2. The number of carbonyl (C=O) groups excluding carboxylic acids is 1. The maximum Gasteiger partial charge on any atom is 0.198 e. The molecule has 0 radical (unpaired) electrons. The van der Waals surface area contributed by atoms with Crippen molar-refractivity contribution in [1.29, 1.82) is 0 Å². The summed E-state index contributed by atoms with van der Waals surface area (Å²) in [4.78, 5) is 12.5. The maximum absolute atomic E-state index is 12.5. The van der Waals surface area contributed by atoms with E-state index in [4.69, 9.17) is 0 Å². The van der Waals surface area contributed by atoms with Crippen LogP contribution in [-0.4, -0.2) is 10.9 Å². The van der Waals surface area contributed by atoms with Crippen molar-refractivity contribution >= 4 is 17.1 Å². The van der Waals surface area contributed by atoms with Gasteiger partial charge in [0.25, 0.3) is 0 Å². The Hall–Kier alpha value is -2.35. The van der Waals surface area contributed by atoms with Crippen molar-refractivity contribution in [2.24, 2.45) is 0 Å². The van der Waals surface area contributed by atoms with Gasteiger partial charge in [0.05, 0.1) is 5.57 Å². The number of aliphatic hydroxyl groups excluding tert-OH is 1. The Balaban J connectivity index is 2.23. The molecule has 2 heteroatoms. The molecule has 0 spiro atoms. The molecule has 0 unspecified atom stereocenters. The Labute approximate surface area is 112 Å². The minimum absolute atomic E-state index is 0.0889. The van der Waals surface area contributed by atoms with Crippen molar-refractivity contribution in [3.63, 3.8) is 0 Å². The number of aliphatic hydroxyl groups is 1. The monoisotopic (exact) mass is 250 g/mol. The standard InChI is InChI=1S/C17H14O2/c1-2-11-7-3-4-8-12(11)15-16(18)13-9-5-6-10-14(13)17(15)19/h3-10,18H,2H2,1H3. The van der Waals surface area contributed by atoms with Crippen LogP contribution in [0.25, 0.3) is 11.3 Å². The lowest BCUT2D eigenvalue weighted by Crippen LogP contribution is -2.01. The van der Waals surface area contributed by atoms with E-state index < -0.39 is 0 Å². The maximum atomic E-state index is 12.5. The molecule has 1 aliphatic rings. The van der Waals surface area contributed by atoms with Crippen molar-refractivity contribution in [2.75, 3.05) is 0 Å². The molecule has 0 heterocycles. The molecule has 0 saturated carbocycles. The smallest absolute Gasteiger partial charge is 0.198 e. The number of carbonyl (C=O) groups is 1. The summed E-state index contributed by atoms with van der Waals surface area (Å²) < 4.78 is 0. The van der Waals surface area contributed by atoms with Gasteiger partial charge < -0.3 is 5.11 Å². The third-order valence-corrected chi connectivity index (χ3v) is 3.56. The van der Waals surface area contributed by atoms with Gasteiger partial charge in [-0.05, 0) is 17.5 Å². The second-order valence-corrected chi connectivity index (χ2v) is 4.61. The lowest BCUT2D eigenvalue weighted by atomic mass is 9.96. The van der Waals surface area contributed by atoms with Crippen LogP contribution in [-0.2, 0) is 6.42 Å². The van der Waals surface area contributed by atoms with Crippen LogP contribution in [0.1, 0.15) is 34.0 Å². The van der Waals surface area contributed by atoms with Gasteiger partial charge in [-0.1, -0.05) is 55.5 Å². The van der Waals surface area contributed by atoms with Crippen LogP contribution >= 0.6 is 0 Å². The summed E-state index contributed by atoms with van der Waals surface area (Å²) >= 11 is 0. The summed E-state index contributed by atoms with van der Waals surface area (Å²) in [6, 6.07) is 14.9. The van der Waals surface area contributed by atoms with Crippen LogP contribution in [0, 0.1) is 0 Å². The molecule has 0 saturated heterocycles. The minimum Gasteiger partial charge on any atom is -0.507 e. The van der Waals surface area contributed by atoms with Gasteiger partial charge in [-0.3, -0.25) is 4.79 Å². The normalized spacial score (nSPS) is 13.8. The van der Waals surface area contributed by atoms with Crippen LogP contribution in [0.3, 0.4) is 0 Å². The summed E-state index contributed by atoms with van der Waals surface area (Å²) in [6.07, 6.45) is 0.830. The van der Waals surface area contributed by atoms with Crippen LogP contribution in [0.15, 0.2) is 48.5 Å².